The van der Waals surface area contributed by atoms with E-state index in [4.69, 9.17) is 0 Å². The first-order valence-electron chi connectivity index (χ1n) is 8.78. The number of aromatic nitrogens is 3. The number of carbonyl (C=O) groups excluding carboxylic acids is 2. The minimum absolute atomic E-state index is 0.0490. The Balaban J connectivity index is 1.49. The summed E-state index contributed by atoms with van der Waals surface area (Å²) in [6.45, 7) is 3.74. The van der Waals surface area contributed by atoms with Crippen molar-refractivity contribution in [1.29, 1.82) is 0 Å². The highest BCUT2D eigenvalue weighted by Crippen LogP contribution is 2.25. The predicted octanol–water partition coefficient (Wildman–Crippen LogP) is 3.02. The number of pyridine rings is 1. The summed E-state index contributed by atoms with van der Waals surface area (Å²) in [5.74, 6) is 0.569. The number of benzene rings is 1. The van der Waals surface area contributed by atoms with Crippen LogP contribution in [0.3, 0.4) is 0 Å². The molecule has 144 valence electrons. The van der Waals surface area contributed by atoms with Crippen molar-refractivity contribution in [2.45, 2.75) is 30.5 Å². The molecule has 0 bridgehead atoms. The highest BCUT2D eigenvalue weighted by atomic mass is 32.2. The van der Waals surface area contributed by atoms with Crippen LogP contribution in [0.1, 0.15) is 19.4 Å². The van der Waals surface area contributed by atoms with Crippen LogP contribution >= 0.6 is 11.8 Å². The van der Waals surface area contributed by atoms with Crippen molar-refractivity contribution < 1.29 is 9.59 Å². The zero-order chi connectivity index (χ0) is 19.9. The van der Waals surface area contributed by atoms with Crippen molar-refractivity contribution in [3.05, 3.63) is 66.6 Å². The van der Waals surface area contributed by atoms with Gasteiger partial charge >= 0.3 is 0 Å². The number of amides is 2. The molecule has 1 aromatic carbocycles. The van der Waals surface area contributed by atoms with Crippen LogP contribution in [-0.2, 0) is 16.1 Å². The first kappa shape index (κ1) is 19.6. The van der Waals surface area contributed by atoms with Gasteiger partial charge in [0, 0.05) is 42.6 Å². The molecule has 0 unspecified atom stereocenters. The Kier molecular flexibility index (Phi) is 6.44. The molecule has 0 aliphatic rings. The zero-order valence-corrected chi connectivity index (χ0v) is 16.4. The summed E-state index contributed by atoms with van der Waals surface area (Å²) < 4.78 is 1.68. The average molecular weight is 395 g/mol. The second-order valence-corrected chi connectivity index (χ2v) is 7.57. The van der Waals surface area contributed by atoms with E-state index < -0.39 is 0 Å². The van der Waals surface area contributed by atoms with Gasteiger partial charge in [-0.15, -0.1) is 11.8 Å². The number of hydrogen-bond donors (Lipinski definition) is 2. The van der Waals surface area contributed by atoms with Gasteiger partial charge in [-0.3, -0.25) is 9.59 Å². The maximum Gasteiger partial charge on any atom is 0.233 e. The number of nitrogens with one attached hydrogen (secondary N) is 2. The highest BCUT2D eigenvalue weighted by molar-refractivity contribution is 8.00. The summed E-state index contributed by atoms with van der Waals surface area (Å²) in [7, 11) is 0. The number of anilines is 1. The molecule has 0 aliphatic heterocycles. The molecule has 0 fully saturated rings. The van der Waals surface area contributed by atoms with E-state index in [2.05, 4.69) is 20.7 Å². The van der Waals surface area contributed by atoms with Crippen molar-refractivity contribution >= 4 is 29.3 Å². The lowest BCUT2D eigenvalue weighted by molar-refractivity contribution is -0.120. The van der Waals surface area contributed by atoms with Crippen LogP contribution < -0.4 is 10.6 Å². The lowest BCUT2D eigenvalue weighted by Gasteiger charge is -2.12. The molecule has 8 heteroatoms. The number of carbonyl (C=O) groups is 2. The highest BCUT2D eigenvalue weighted by Gasteiger charge is 2.14. The monoisotopic (exact) mass is 395 g/mol. The topological polar surface area (TPSA) is 88.9 Å². The molecule has 28 heavy (non-hydrogen) atoms. The van der Waals surface area contributed by atoms with Gasteiger partial charge in [0.05, 0.1) is 5.25 Å². The molecule has 0 radical (unpaired) electrons. The first-order valence-corrected chi connectivity index (χ1v) is 9.66. The van der Waals surface area contributed by atoms with Gasteiger partial charge in [0.25, 0.3) is 0 Å². The Morgan fingerprint density at radius 3 is 2.57 bits per heavy atom. The molecule has 0 saturated heterocycles. The summed E-state index contributed by atoms with van der Waals surface area (Å²) >= 11 is 1.46. The molecular weight excluding hydrogens is 374 g/mol. The van der Waals surface area contributed by atoms with Gasteiger partial charge in [-0.25, -0.2) is 9.67 Å². The number of thioether (sulfide) groups is 1. The molecule has 0 aliphatic carbocycles. The summed E-state index contributed by atoms with van der Waals surface area (Å²) in [5, 5.41) is 9.54. The minimum atomic E-state index is -0.247. The first-order chi connectivity index (χ1) is 13.5. The summed E-state index contributed by atoms with van der Waals surface area (Å²) in [4.78, 5) is 28.7. The molecule has 1 atom stereocenters. The third kappa shape index (κ3) is 5.43. The second-order valence-electron chi connectivity index (χ2n) is 6.16. The standard InChI is InChI=1S/C20H21N5O2S/c1-14(28-18-7-5-17(6-8-18)24-15(2)26)20(27)22-13-16-4-9-19(21-12-16)25-11-3-10-23-25/h3-12,14H,13H2,1-2H3,(H,22,27)(H,24,26)/t14-/m1/s1. The summed E-state index contributed by atoms with van der Waals surface area (Å²) in [6.07, 6.45) is 5.25. The third-order valence-electron chi connectivity index (χ3n) is 3.87. The molecule has 3 rings (SSSR count). The molecule has 2 amide bonds. The van der Waals surface area contributed by atoms with E-state index in [1.807, 2.05) is 55.6 Å². The number of nitrogens with zero attached hydrogens (tertiary/aromatic N) is 3. The fourth-order valence-electron chi connectivity index (χ4n) is 2.47. The Labute approximate surface area is 167 Å². The lowest BCUT2D eigenvalue weighted by Crippen LogP contribution is -2.30. The quantitative estimate of drug-likeness (QED) is 0.600. The fraction of sp³-hybridized carbons (Fsp3) is 0.200. The van der Waals surface area contributed by atoms with E-state index in [0.717, 1.165) is 22.0 Å². The summed E-state index contributed by atoms with van der Waals surface area (Å²) in [6, 6.07) is 13.0. The van der Waals surface area contributed by atoms with Crippen LogP contribution in [0.2, 0.25) is 0 Å². The molecular formula is C20H21N5O2S. The van der Waals surface area contributed by atoms with Crippen LogP contribution in [0.5, 0.6) is 0 Å². The largest absolute Gasteiger partial charge is 0.351 e. The molecule has 7 nitrogen and oxygen atoms in total. The van der Waals surface area contributed by atoms with Gasteiger partial charge in [-0.1, -0.05) is 6.07 Å². The van der Waals surface area contributed by atoms with Gasteiger partial charge in [-0.2, -0.15) is 5.10 Å². The Hall–Kier alpha value is -3.13. The number of rotatable bonds is 7. The van der Waals surface area contributed by atoms with Gasteiger partial charge in [0.2, 0.25) is 11.8 Å². The second kappa shape index (κ2) is 9.18. The van der Waals surface area contributed by atoms with Crippen LogP contribution in [0.4, 0.5) is 5.69 Å². The Morgan fingerprint density at radius 1 is 1.18 bits per heavy atom. The summed E-state index contributed by atoms with van der Waals surface area (Å²) in [5.41, 5.74) is 1.65. The SMILES string of the molecule is CC(=O)Nc1ccc(S[C@H](C)C(=O)NCc2ccc(-n3cccn3)nc2)cc1. The van der Waals surface area contributed by atoms with E-state index in [1.54, 1.807) is 17.1 Å². The van der Waals surface area contributed by atoms with Crippen LogP contribution in [0.25, 0.3) is 5.82 Å². The maximum absolute atomic E-state index is 12.4. The van der Waals surface area contributed by atoms with E-state index in [9.17, 15) is 9.59 Å². The maximum atomic E-state index is 12.4. The van der Waals surface area contributed by atoms with Gasteiger partial charge in [-0.05, 0) is 48.9 Å². The predicted molar refractivity (Wildman–Crippen MR) is 109 cm³/mol. The molecule has 2 heterocycles. The van der Waals surface area contributed by atoms with Crippen molar-refractivity contribution in [3.63, 3.8) is 0 Å². The Bertz CT molecular complexity index is 924. The normalized spacial score (nSPS) is 11.6. The number of hydrogen-bond acceptors (Lipinski definition) is 5. The molecule has 0 spiro atoms. The van der Waals surface area contributed by atoms with Crippen molar-refractivity contribution in [2.24, 2.45) is 0 Å². The molecule has 0 saturated carbocycles. The van der Waals surface area contributed by atoms with Gasteiger partial charge in [0.15, 0.2) is 5.82 Å². The fourth-order valence-corrected chi connectivity index (χ4v) is 3.36. The van der Waals surface area contributed by atoms with E-state index in [-0.39, 0.29) is 17.1 Å². The lowest BCUT2D eigenvalue weighted by atomic mass is 10.2. The van der Waals surface area contributed by atoms with Crippen molar-refractivity contribution in [2.75, 3.05) is 5.32 Å². The molecule has 3 aromatic rings. The van der Waals surface area contributed by atoms with Gasteiger partial charge in [0.1, 0.15) is 0 Å². The van der Waals surface area contributed by atoms with Gasteiger partial charge < -0.3 is 10.6 Å². The van der Waals surface area contributed by atoms with Crippen molar-refractivity contribution in [1.82, 2.24) is 20.1 Å². The third-order valence-corrected chi connectivity index (χ3v) is 4.98. The average Bonchev–Trinajstić information content (AvgIpc) is 3.22. The zero-order valence-electron chi connectivity index (χ0n) is 15.6. The van der Waals surface area contributed by atoms with E-state index >= 15 is 0 Å². The van der Waals surface area contributed by atoms with E-state index in [1.165, 1.54) is 18.7 Å². The molecule has 2 aromatic heterocycles. The van der Waals surface area contributed by atoms with Crippen molar-refractivity contribution in [3.8, 4) is 5.82 Å². The minimum Gasteiger partial charge on any atom is -0.351 e. The van der Waals surface area contributed by atoms with E-state index in [0.29, 0.717) is 6.54 Å². The molecule has 2 N–H and O–H groups in total. The van der Waals surface area contributed by atoms with Crippen LogP contribution in [-0.4, -0.2) is 31.8 Å². The smallest absolute Gasteiger partial charge is 0.233 e. The Morgan fingerprint density at radius 2 is 1.96 bits per heavy atom. The van der Waals surface area contributed by atoms with Crippen LogP contribution in [0, 0.1) is 0 Å². The van der Waals surface area contributed by atoms with Crippen LogP contribution in [0.15, 0.2) is 66.0 Å².